The number of likely N-dealkylation sites (tertiary alicyclic amines) is 1. The lowest BCUT2D eigenvalue weighted by molar-refractivity contribution is 0.0958. The summed E-state index contributed by atoms with van der Waals surface area (Å²) in [6, 6.07) is 6.14. The molecule has 4 rings (SSSR count). The van der Waals surface area contributed by atoms with Crippen molar-refractivity contribution in [2.75, 3.05) is 13.1 Å². The monoisotopic (exact) mass is 390 g/mol. The number of benzene rings is 1. The Morgan fingerprint density at radius 2 is 2.17 bits per heavy atom. The predicted molar refractivity (Wildman–Crippen MR) is 111 cm³/mol. The fourth-order valence-corrected chi connectivity index (χ4v) is 4.06. The average Bonchev–Trinajstić information content (AvgIpc) is 3.40. The molecule has 0 bridgehead atoms. The van der Waals surface area contributed by atoms with E-state index in [1.54, 1.807) is 9.58 Å². The molecule has 150 valence electrons. The van der Waals surface area contributed by atoms with Gasteiger partial charge in [-0.2, -0.15) is 15.5 Å². The van der Waals surface area contributed by atoms with Gasteiger partial charge in [0.1, 0.15) is 5.69 Å². The summed E-state index contributed by atoms with van der Waals surface area (Å²) in [5, 5.41) is 18.9. The van der Waals surface area contributed by atoms with Crippen molar-refractivity contribution in [3.8, 4) is 17.3 Å². The minimum absolute atomic E-state index is 0.0661. The summed E-state index contributed by atoms with van der Waals surface area (Å²) in [7, 11) is 1.90. The highest BCUT2D eigenvalue weighted by Gasteiger charge is 2.27. The number of nitriles is 1. The molecule has 7 nitrogen and oxygen atoms in total. The highest BCUT2D eigenvalue weighted by molar-refractivity contribution is 6.06. The number of hydrogen-bond donors (Lipinski definition) is 0. The van der Waals surface area contributed by atoms with Gasteiger partial charge >= 0.3 is 0 Å². The SMILES string of the molecule is CC(C)Cn1nc(C(=O)C[C@@H]2CCN(C#N)C2)c2ccc(-c3cnn(C)c3)cc21. The molecule has 0 spiro atoms. The van der Waals surface area contributed by atoms with Crippen molar-refractivity contribution < 1.29 is 4.79 Å². The van der Waals surface area contributed by atoms with Crippen LogP contribution in [0.15, 0.2) is 30.6 Å². The van der Waals surface area contributed by atoms with Gasteiger partial charge in [0, 0.05) is 50.2 Å². The smallest absolute Gasteiger partial charge is 0.184 e. The number of carbonyl (C=O) groups is 1. The molecule has 0 unspecified atom stereocenters. The lowest BCUT2D eigenvalue weighted by Gasteiger charge is -2.08. The normalized spacial score (nSPS) is 16.7. The molecule has 0 amide bonds. The Bertz CT molecular complexity index is 1090. The Labute approximate surface area is 170 Å². The Hall–Kier alpha value is -3.14. The third-order valence-electron chi connectivity index (χ3n) is 5.49. The van der Waals surface area contributed by atoms with Gasteiger partial charge in [-0.05, 0) is 36.0 Å². The van der Waals surface area contributed by atoms with Gasteiger partial charge in [-0.3, -0.25) is 14.2 Å². The molecule has 1 atom stereocenters. The van der Waals surface area contributed by atoms with Gasteiger partial charge in [-0.15, -0.1) is 0 Å². The zero-order valence-corrected chi connectivity index (χ0v) is 17.2. The van der Waals surface area contributed by atoms with Crippen LogP contribution in [0.4, 0.5) is 0 Å². The fourth-order valence-electron chi connectivity index (χ4n) is 4.06. The molecule has 1 fully saturated rings. The van der Waals surface area contributed by atoms with Crippen LogP contribution in [-0.2, 0) is 13.6 Å². The Balaban J connectivity index is 1.68. The zero-order chi connectivity index (χ0) is 20.5. The summed E-state index contributed by atoms with van der Waals surface area (Å²) < 4.78 is 3.75. The average molecular weight is 390 g/mol. The summed E-state index contributed by atoms with van der Waals surface area (Å²) in [5.41, 5.74) is 3.64. The van der Waals surface area contributed by atoms with Gasteiger partial charge in [0.15, 0.2) is 12.0 Å². The van der Waals surface area contributed by atoms with Crippen LogP contribution in [0.5, 0.6) is 0 Å². The molecule has 0 N–H and O–H groups in total. The molecule has 0 aliphatic carbocycles. The number of aryl methyl sites for hydroxylation is 1. The molecule has 29 heavy (non-hydrogen) atoms. The van der Waals surface area contributed by atoms with Crippen molar-refractivity contribution in [3.63, 3.8) is 0 Å². The van der Waals surface area contributed by atoms with E-state index in [9.17, 15) is 4.79 Å². The maximum Gasteiger partial charge on any atom is 0.184 e. The Morgan fingerprint density at radius 1 is 1.34 bits per heavy atom. The van der Waals surface area contributed by atoms with Crippen LogP contribution in [0.1, 0.15) is 37.2 Å². The summed E-state index contributed by atoms with van der Waals surface area (Å²) in [6.07, 6.45) is 7.33. The molecule has 1 aliphatic rings. The molecule has 0 radical (unpaired) electrons. The minimum atomic E-state index is 0.0661. The highest BCUT2D eigenvalue weighted by atomic mass is 16.1. The quantitative estimate of drug-likeness (QED) is 0.476. The molecule has 1 saturated heterocycles. The van der Waals surface area contributed by atoms with E-state index in [2.05, 4.69) is 31.2 Å². The van der Waals surface area contributed by atoms with Gasteiger partial charge in [0.25, 0.3) is 0 Å². The van der Waals surface area contributed by atoms with E-state index >= 15 is 0 Å². The van der Waals surface area contributed by atoms with Crippen LogP contribution < -0.4 is 0 Å². The maximum absolute atomic E-state index is 13.1. The number of ketones is 1. The van der Waals surface area contributed by atoms with Gasteiger partial charge in [-0.25, -0.2) is 0 Å². The molecule has 1 aromatic carbocycles. The van der Waals surface area contributed by atoms with Crippen molar-refractivity contribution in [2.24, 2.45) is 18.9 Å². The van der Waals surface area contributed by atoms with E-state index in [0.717, 1.165) is 41.5 Å². The second kappa shape index (κ2) is 7.70. The lowest BCUT2D eigenvalue weighted by Crippen LogP contribution is -2.16. The third kappa shape index (κ3) is 3.88. The van der Waals surface area contributed by atoms with E-state index in [0.29, 0.717) is 24.6 Å². The van der Waals surface area contributed by atoms with Crippen LogP contribution in [-0.4, -0.2) is 43.3 Å². The van der Waals surface area contributed by atoms with Gasteiger partial charge in [0.2, 0.25) is 0 Å². The molecular weight excluding hydrogens is 364 g/mol. The first-order valence-corrected chi connectivity index (χ1v) is 10.1. The van der Waals surface area contributed by atoms with Gasteiger partial charge in [0.05, 0.1) is 11.7 Å². The fraction of sp³-hybridized carbons (Fsp3) is 0.455. The Morgan fingerprint density at radius 3 is 2.83 bits per heavy atom. The number of fused-ring (bicyclic) bond motifs is 1. The number of Topliss-reactive ketones (excluding diaryl/α,β-unsaturated/α-hetero) is 1. The first kappa shape index (κ1) is 19.2. The van der Waals surface area contributed by atoms with Crippen molar-refractivity contribution in [2.45, 2.75) is 33.2 Å². The van der Waals surface area contributed by atoms with Crippen molar-refractivity contribution in [1.82, 2.24) is 24.5 Å². The second-order valence-electron chi connectivity index (χ2n) is 8.39. The van der Waals surface area contributed by atoms with Crippen molar-refractivity contribution >= 4 is 16.7 Å². The van der Waals surface area contributed by atoms with E-state index in [4.69, 9.17) is 10.4 Å². The number of carbonyl (C=O) groups excluding carboxylic acids is 1. The van der Waals surface area contributed by atoms with Crippen LogP contribution in [0, 0.1) is 23.3 Å². The highest BCUT2D eigenvalue weighted by Crippen LogP contribution is 2.29. The largest absolute Gasteiger partial charge is 0.310 e. The van der Waals surface area contributed by atoms with Gasteiger partial charge < -0.3 is 4.90 Å². The van der Waals surface area contributed by atoms with Crippen LogP contribution in [0.25, 0.3) is 22.0 Å². The van der Waals surface area contributed by atoms with Crippen molar-refractivity contribution in [3.05, 3.63) is 36.3 Å². The Kier molecular flexibility index (Phi) is 5.10. The summed E-state index contributed by atoms with van der Waals surface area (Å²) in [4.78, 5) is 14.8. The molecular formula is C22H26N6O. The predicted octanol–water partition coefficient (Wildman–Crippen LogP) is 3.47. The number of nitrogens with zero attached hydrogens (tertiary/aromatic N) is 6. The first-order valence-electron chi connectivity index (χ1n) is 10.1. The number of rotatable bonds is 6. The lowest BCUT2D eigenvalue weighted by atomic mass is 9.98. The number of hydrogen-bond acceptors (Lipinski definition) is 5. The zero-order valence-electron chi connectivity index (χ0n) is 17.2. The maximum atomic E-state index is 13.1. The van der Waals surface area contributed by atoms with Gasteiger partial charge in [-0.1, -0.05) is 19.9 Å². The van der Waals surface area contributed by atoms with E-state index in [1.165, 1.54) is 0 Å². The molecule has 2 aromatic heterocycles. The second-order valence-corrected chi connectivity index (χ2v) is 8.39. The first-order chi connectivity index (χ1) is 13.9. The summed E-state index contributed by atoms with van der Waals surface area (Å²) in [6.45, 7) is 6.46. The molecule has 3 aromatic rings. The van der Waals surface area contributed by atoms with Crippen LogP contribution in [0.3, 0.4) is 0 Å². The van der Waals surface area contributed by atoms with E-state index in [1.807, 2.05) is 36.3 Å². The topological polar surface area (TPSA) is 79.7 Å². The molecule has 3 heterocycles. The minimum Gasteiger partial charge on any atom is -0.310 e. The summed E-state index contributed by atoms with van der Waals surface area (Å²) >= 11 is 0. The molecule has 7 heteroatoms. The standard InChI is InChI=1S/C22H26N6O/c1-15(2)11-28-20-9-17(18-10-24-26(3)13-18)4-5-19(20)22(25-28)21(29)8-16-6-7-27(12-16)14-23/h4-5,9-10,13,15-16H,6-8,11-12H2,1-3H3/t16-/m0/s1. The molecule has 0 saturated carbocycles. The number of aromatic nitrogens is 4. The van der Waals surface area contributed by atoms with Crippen molar-refractivity contribution in [1.29, 1.82) is 5.26 Å². The van der Waals surface area contributed by atoms with Crippen LogP contribution in [0.2, 0.25) is 0 Å². The van der Waals surface area contributed by atoms with E-state index < -0.39 is 0 Å². The summed E-state index contributed by atoms with van der Waals surface area (Å²) in [5.74, 6) is 0.709. The van der Waals surface area contributed by atoms with Crippen LogP contribution >= 0.6 is 0 Å². The van der Waals surface area contributed by atoms with E-state index in [-0.39, 0.29) is 11.7 Å². The third-order valence-corrected chi connectivity index (χ3v) is 5.49. The molecule has 1 aliphatic heterocycles.